The summed E-state index contributed by atoms with van der Waals surface area (Å²) in [7, 11) is 0. The number of carbonyl (C=O) groups is 1. The summed E-state index contributed by atoms with van der Waals surface area (Å²) in [6.45, 7) is 1.94. The van der Waals surface area contributed by atoms with E-state index in [1.807, 2.05) is 30.3 Å². The minimum absolute atomic E-state index is 0.0168. The van der Waals surface area contributed by atoms with E-state index in [1.54, 1.807) is 0 Å². The summed E-state index contributed by atoms with van der Waals surface area (Å²) in [5, 5.41) is 3.47. The smallest absolute Gasteiger partial charge is 0.226 e. The van der Waals surface area contributed by atoms with E-state index in [4.69, 9.17) is 12.2 Å². The van der Waals surface area contributed by atoms with E-state index < -0.39 is 0 Å². The number of nitrogens with zero attached hydrogens (tertiary/aromatic N) is 1. The van der Waals surface area contributed by atoms with Gasteiger partial charge in [-0.15, -0.1) is 0 Å². The van der Waals surface area contributed by atoms with Gasteiger partial charge in [0.15, 0.2) is 5.11 Å². The van der Waals surface area contributed by atoms with Crippen LogP contribution in [0.1, 0.15) is 37.7 Å². The molecule has 0 unspecified atom stereocenters. The molecular formula is C16H22N2OS. The van der Waals surface area contributed by atoms with Gasteiger partial charge >= 0.3 is 0 Å². The Morgan fingerprint density at radius 2 is 1.75 bits per heavy atom. The Kier molecular flexibility index (Phi) is 5.99. The van der Waals surface area contributed by atoms with Gasteiger partial charge < -0.3 is 10.2 Å². The molecule has 0 atom stereocenters. The van der Waals surface area contributed by atoms with Crippen LogP contribution in [0.4, 0.5) is 0 Å². The van der Waals surface area contributed by atoms with Crippen molar-refractivity contribution in [1.29, 1.82) is 0 Å². The second-order valence-electron chi connectivity index (χ2n) is 5.24. The molecular weight excluding hydrogens is 268 g/mol. The molecule has 1 saturated heterocycles. The summed E-state index contributed by atoms with van der Waals surface area (Å²) in [5.41, 5.74) is 1.18. The maximum Gasteiger partial charge on any atom is 0.226 e. The highest BCUT2D eigenvalue weighted by atomic mass is 32.1. The number of hydrogen-bond donors (Lipinski definition) is 1. The van der Waals surface area contributed by atoms with Gasteiger partial charge in [-0.05, 0) is 37.0 Å². The lowest BCUT2D eigenvalue weighted by molar-refractivity contribution is -0.119. The Morgan fingerprint density at radius 1 is 1.10 bits per heavy atom. The molecule has 1 aliphatic rings. The largest absolute Gasteiger partial charge is 0.349 e. The quantitative estimate of drug-likeness (QED) is 0.869. The van der Waals surface area contributed by atoms with Crippen LogP contribution in [0.3, 0.4) is 0 Å². The average Bonchev–Trinajstić information content (AvgIpc) is 2.75. The van der Waals surface area contributed by atoms with Crippen molar-refractivity contribution >= 4 is 23.2 Å². The molecule has 1 fully saturated rings. The SMILES string of the molecule is O=C(CCc1ccccc1)NC(=S)N1CCCCCC1. The Bertz CT molecular complexity index is 439. The van der Waals surface area contributed by atoms with Crippen LogP contribution < -0.4 is 5.32 Å². The summed E-state index contributed by atoms with van der Waals surface area (Å²) in [5.74, 6) is 0.0168. The summed E-state index contributed by atoms with van der Waals surface area (Å²) >= 11 is 5.34. The fourth-order valence-corrected chi connectivity index (χ4v) is 2.73. The van der Waals surface area contributed by atoms with Gasteiger partial charge in [0.1, 0.15) is 0 Å². The van der Waals surface area contributed by atoms with E-state index in [2.05, 4.69) is 10.2 Å². The van der Waals surface area contributed by atoms with Crippen LogP contribution in [-0.2, 0) is 11.2 Å². The molecule has 1 amide bonds. The lowest BCUT2D eigenvalue weighted by Crippen LogP contribution is -2.43. The molecule has 0 aliphatic carbocycles. The first-order chi connectivity index (χ1) is 9.75. The van der Waals surface area contributed by atoms with Crippen molar-refractivity contribution in [3.63, 3.8) is 0 Å². The molecule has 0 bridgehead atoms. The van der Waals surface area contributed by atoms with Crippen molar-refractivity contribution in [1.82, 2.24) is 10.2 Å². The third kappa shape index (κ3) is 4.93. The highest BCUT2D eigenvalue weighted by Crippen LogP contribution is 2.10. The van der Waals surface area contributed by atoms with E-state index >= 15 is 0 Å². The molecule has 2 rings (SSSR count). The van der Waals surface area contributed by atoms with Crippen molar-refractivity contribution in [2.24, 2.45) is 0 Å². The van der Waals surface area contributed by atoms with E-state index in [0.29, 0.717) is 11.5 Å². The van der Waals surface area contributed by atoms with Crippen molar-refractivity contribution in [2.75, 3.05) is 13.1 Å². The second kappa shape index (κ2) is 8.00. The minimum atomic E-state index is 0.0168. The predicted octanol–water partition coefficient (Wildman–Crippen LogP) is 2.90. The Hall–Kier alpha value is -1.42. The molecule has 0 saturated carbocycles. The van der Waals surface area contributed by atoms with Crippen LogP contribution in [0.25, 0.3) is 0 Å². The number of amides is 1. The molecule has 0 spiro atoms. The number of benzene rings is 1. The van der Waals surface area contributed by atoms with Gasteiger partial charge in [0.2, 0.25) is 5.91 Å². The van der Waals surface area contributed by atoms with E-state index in [-0.39, 0.29) is 5.91 Å². The number of hydrogen-bond acceptors (Lipinski definition) is 2. The van der Waals surface area contributed by atoms with Crippen LogP contribution in [0.15, 0.2) is 30.3 Å². The number of aryl methyl sites for hydroxylation is 1. The fourth-order valence-electron chi connectivity index (χ4n) is 2.44. The highest BCUT2D eigenvalue weighted by molar-refractivity contribution is 7.80. The van der Waals surface area contributed by atoms with Crippen LogP contribution >= 0.6 is 12.2 Å². The van der Waals surface area contributed by atoms with Crippen molar-refractivity contribution in [2.45, 2.75) is 38.5 Å². The van der Waals surface area contributed by atoms with E-state index in [9.17, 15) is 4.79 Å². The second-order valence-corrected chi connectivity index (χ2v) is 5.63. The Balaban J connectivity index is 1.74. The lowest BCUT2D eigenvalue weighted by atomic mass is 10.1. The third-order valence-electron chi connectivity index (χ3n) is 3.62. The zero-order chi connectivity index (χ0) is 14.2. The first kappa shape index (κ1) is 15.0. The average molecular weight is 290 g/mol. The molecule has 1 aliphatic heterocycles. The molecule has 0 aromatic heterocycles. The number of thiocarbonyl (C=S) groups is 1. The van der Waals surface area contributed by atoms with Gasteiger partial charge in [-0.25, -0.2) is 0 Å². The van der Waals surface area contributed by atoms with Gasteiger partial charge in [0.05, 0.1) is 0 Å². The maximum atomic E-state index is 11.9. The lowest BCUT2D eigenvalue weighted by Gasteiger charge is -2.23. The minimum Gasteiger partial charge on any atom is -0.349 e. The molecule has 1 aromatic carbocycles. The zero-order valence-electron chi connectivity index (χ0n) is 11.8. The number of likely N-dealkylation sites (tertiary alicyclic amines) is 1. The summed E-state index contributed by atoms with van der Waals surface area (Å²) < 4.78 is 0. The summed E-state index contributed by atoms with van der Waals surface area (Å²) in [6, 6.07) is 10.1. The molecule has 3 nitrogen and oxygen atoms in total. The van der Waals surface area contributed by atoms with Crippen molar-refractivity contribution in [3.8, 4) is 0 Å². The Morgan fingerprint density at radius 3 is 2.40 bits per heavy atom. The number of nitrogens with one attached hydrogen (secondary N) is 1. The van der Waals surface area contributed by atoms with Crippen molar-refractivity contribution in [3.05, 3.63) is 35.9 Å². The van der Waals surface area contributed by atoms with Gasteiger partial charge in [0, 0.05) is 19.5 Å². The monoisotopic (exact) mass is 290 g/mol. The molecule has 1 N–H and O–H groups in total. The fraction of sp³-hybridized carbons (Fsp3) is 0.500. The van der Waals surface area contributed by atoms with Gasteiger partial charge in [0.25, 0.3) is 0 Å². The summed E-state index contributed by atoms with van der Waals surface area (Å²) in [6.07, 6.45) is 6.11. The van der Waals surface area contributed by atoms with Crippen LogP contribution in [0.2, 0.25) is 0 Å². The van der Waals surface area contributed by atoms with Crippen LogP contribution in [-0.4, -0.2) is 29.0 Å². The first-order valence-electron chi connectivity index (χ1n) is 7.38. The molecule has 1 aromatic rings. The Labute approximate surface area is 126 Å². The number of carbonyl (C=O) groups excluding carboxylic acids is 1. The van der Waals surface area contributed by atoms with E-state index in [0.717, 1.165) is 19.5 Å². The number of rotatable bonds is 3. The third-order valence-corrected chi connectivity index (χ3v) is 3.98. The standard InChI is InChI=1S/C16H22N2OS/c19-15(11-10-14-8-4-3-5-9-14)17-16(20)18-12-6-1-2-7-13-18/h3-5,8-9H,1-2,6-7,10-13H2,(H,17,19,20). The van der Waals surface area contributed by atoms with Crippen LogP contribution in [0, 0.1) is 0 Å². The van der Waals surface area contributed by atoms with Crippen molar-refractivity contribution < 1.29 is 4.79 Å². The molecule has 1 heterocycles. The molecule has 4 heteroatoms. The first-order valence-corrected chi connectivity index (χ1v) is 7.79. The van der Waals surface area contributed by atoms with Gasteiger partial charge in [-0.2, -0.15) is 0 Å². The van der Waals surface area contributed by atoms with Gasteiger partial charge in [-0.1, -0.05) is 43.2 Å². The van der Waals surface area contributed by atoms with E-state index in [1.165, 1.54) is 31.2 Å². The van der Waals surface area contributed by atoms with Crippen LogP contribution in [0.5, 0.6) is 0 Å². The van der Waals surface area contributed by atoms with Gasteiger partial charge in [-0.3, -0.25) is 4.79 Å². The molecule has 108 valence electrons. The predicted molar refractivity (Wildman–Crippen MR) is 85.5 cm³/mol. The molecule has 20 heavy (non-hydrogen) atoms. The zero-order valence-corrected chi connectivity index (χ0v) is 12.6. The maximum absolute atomic E-state index is 11.9. The normalized spacial score (nSPS) is 15.5. The topological polar surface area (TPSA) is 32.3 Å². The molecule has 0 radical (unpaired) electrons. The highest BCUT2D eigenvalue weighted by Gasteiger charge is 2.14. The summed E-state index contributed by atoms with van der Waals surface area (Å²) in [4.78, 5) is 14.1.